The zero-order valence-corrected chi connectivity index (χ0v) is 7.99. The number of ether oxygens (including phenoxy) is 1. The molecule has 0 saturated heterocycles. The van der Waals surface area contributed by atoms with E-state index >= 15 is 0 Å². The summed E-state index contributed by atoms with van der Waals surface area (Å²) in [6, 6.07) is 5.28. The number of carbonyl (C=O) groups is 1. The first-order valence-corrected chi connectivity index (χ1v) is 4.77. The summed E-state index contributed by atoms with van der Waals surface area (Å²) in [5, 5.41) is 8.86. The van der Waals surface area contributed by atoms with Crippen LogP contribution >= 0.6 is 0 Å². The average molecular weight is 192 g/mol. The van der Waals surface area contributed by atoms with E-state index in [9.17, 15) is 4.79 Å². The third-order valence-electron chi connectivity index (χ3n) is 2.43. The third-order valence-corrected chi connectivity index (χ3v) is 2.43. The standard InChI is InChI=1S/C11H12O3/c1-2-4-9-7-5-3-6-8(11(12)13)10(7)14-9/h3,5-6,9H,2,4H2,1H3,(H,12,13). The maximum atomic E-state index is 10.8. The zero-order valence-electron chi connectivity index (χ0n) is 7.99. The molecule has 1 heterocycles. The van der Waals surface area contributed by atoms with Gasteiger partial charge in [-0.1, -0.05) is 25.5 Å². The summed E-state index contributed by atoms with van der Waals surface area (Å²) < 4.78 is 5.44. The van der Waals surface area contributed by atoms with Crippen molar-refractivity contribution < 1.29 is 14.6 Å². The molecule has 74 valence electrons. The van der Waals surface area contributed by atoms with Crippen molar-refractivity contribution in [2.75, 3.05) is 0 Å². The topological polar surface area (TPSA) is 46.5 Å². The van der Waals surface area contributed by atoms with Crippen LogP contribution in [0.1, 0.15) is 41.8 Å². The SMILES string of the molecule is CCCC1Oc2c(C(=O)O)cccc21. The summed E-state index contributed by atoms with van der Waals surface area (Å²) in [4.78, 5) is 10.8. The first kappa shape index (κ1) is 9.06. The van der Waals surface area contributed by atoms with E-state index in [4.69, 9.17) is 9.84 Å². The van der Waals surface area contributed by atoms with E-state index in [0.29, 0.717) is 5.75 Å². The second-order valence-corrected chi connectivity index (χ2v) is 3.42. The highest BCUT2D eigenvalue weighted by atomic mass is 16.5. The minimum absolute atomic E-state index is 0.106. The van der Waals surface area contributed by atoms with E-state index in [-0.39, 0.29) is 11.7 Å². The second kappa shape index (κ2) is 3.33. The first-order valence-electron chi connectivity index (χ1n) is 4.77. The Hall–Kier alpha value is -1.51. The lowest BCUT2D eigenvalue weighted by Gasteiger charge is -2.32. The van der Waals surface area contributed by atoms with Crippen molar-refractivity contribution in [2.24, 2.45) is 0 Å². The molecule has 2 rings (SSSR count). The number of hydrogen-bond donors (Lipinski definition) is 1. The number of carboxylic acid groups (broad SMARTS) is 1. The summed E-state index contributed by atoms with van der Waals surface area (Å²) >= 11 is 0. The molecule has 3 heteroatoms. The van der Waals surface area contributed by atoms with Crippen LogP contribution in [0.2, 0.25) is 0 Å². The molecule has 0 fully saturated rings. The Morgan fingerprint density at radius 1 is 1.57 bits per heavy atom. The highest BCUT2D eigenvalue weighted by Gasteiger charge is 2.31. The van der Waals surface area contributed by atoms with E-state index in [1.807, 2.05) is 6.07 Å². The number of aromatic carboxylic acids is 1. The van der Waals surface area contributed by atoms with Gasteiger partial charge < -0.3 is 9.84 Å². The minimum atomic E-state index is -0.920. The molecule has 1 aliphatic heterocycles. The number of para-hydroxylation sites is 1. The molecule has 1 aliphatic rings. The molecule has 14 heavy (non-hydrogen) atoms. The lowest BCUT2D eigenvalue weighted by atomic mass is 9.96. The van der Waals surface area contributed by atoms with Gasteiger partial charge in [0.2, 0.25) is 0 Å². The van der Waals surface area contributed by atoms with Crippen LogP contribution in [-0.2, 0) is 0 Å². The largest absolute Gasteiger partial charge is 0.484 e. The van der Waals surface area contributed by atoms with Crippen LogP contribution in [0.3, 0.4) is 0 Å². The third kappa shape index (κ3) is 1.25. The number of benzene rings is 1. The molecule has 0 aromatic heterocycles. The van der Waals surface area contributed by atoms with Gasteiger partial charge in [0.25, 0.3) is 0 Å². The molecule has 1 aromatic rings. The Labute approximate surface area is 82.3 Å². The van der Waals surface area contributed by atoms with Crippen molar-refractivity contribution in [1.82, 2.24) is 0 Å². The quantitative estimate of drug-likeness (QED) is 0.800. The number of fused-ring (bicyclic) bond motifs is 1. The van der Waals surface area contributed by atoms with Crippen LogP contribution in [0.4, 0.5) is 0 Å². The van der Waals surface area contributed by atoms with Crippen molar-refractivity contribution in [2.45, 2.75) is 25.9 Å². The Balaban J connectivity index is 2.30. The molecule has 0 bridgehead atoms. The Kier molecular flexibility index (Phi) is 2.15. The van der Waals surface area contributed by atoms with Crippen molar-refractivity contribution in [3.8, 4) is 5.75 Å². The summed E-state index contributed by atoms with van der Waals surface area (Å²) in [6.07, 6.45) is 2.10. The van der Waals surface area contributed by atoms with Crippen molar-refractivity contribution in [3.63, 3.8) is 0 Å². The smallest absolute Gasteiger partial charge is 0.339 e. The monoisotopic (exact) mass is 192 g/mol. The molecule has 0 radical (unpaired) electrons. The van der Waals surface area contributed by atoms with Crippen LogP contribution in [0.5, 0.6) is 5.75 Å². The maximum absolute atomic E-state index is 10.8. The molecule has 1 unspecified atom stereocenters. The number of rotatable bonds is 3. The van der Waals surface area contributed by atoms with Gasteiger partial charge in [-0.05, 0) is 12.5 Å². The van der Waals surface area contributed by atoms with Gasteiger partial charge in [-0.3, -0.25) is 0 Å². The number of hydrogen-bond acceptors (Lipinski definition) is 2. The van der Waals surface area contributed by atoms with E-state index in [0.717, 1.165) is 18.4 Å². The minimum Gasteiger partial charge on any atom is -0.484 e. The molecular weight excluding hydrogens is 180 g/mol. The van der Waals surface area contributed by atoms with Crippen molar-refractivity contribution in [1.29, 1.82) is 0 Å². The highest BCUT2D eigenvalue weighted by molar-refractivity contribution is 5.92. The van der Waals surface area contributed by atoms with Crippen LogP contribution in [0.15, 0.2) is 18.2 Å². The molecule has 0 aliphatic carbocycles. The van der Waals surface area contributed by atoms with E-state index in [1.165, 1.54) is 0 Å². The van der Waals surface area contributed by atoms with Gasteiger partial charge in [-0.25, -0.2) is 4.79 Å². The highest BCUT2D eigenvalue weighted by Crippen LogP contribution is 2.43. The molecule has 1 N–H and O–H groups in total. The predicted molar refractivity (Wildman–Crippen MR) is 51.7 cm³/mol. The lowest BCUT2D eigenvalue weighted by molar-refractivity contribution is 0.0674. The summed E-state index contributed by atoms with van der Waals surface area (Å²) in [5.41, 5.74) is 1.31. The summed E-state index contributed by atoms with van der Waals surface area (Å²) in [7, 11) is 0. The molecule has 0 spiro atoms. The fourth-order valence-corrected chi connectivity index (χ4v) is 1.73. The summed E-state index contributed by atoms with van der Waals surface area (Å²) in [5.74, 6) is -0.366. The van der Waals surface area contributed by atoms with Gasteiger partial charge in [0.1, 0.15) is 17.4 Å². The van der Waals surface area contributed by atoms with Crippen molar-refractivity contribution >= 4 is 5.97 Å². The van der Waals surface area contributed by atoms with Crippen molar-refractivity contribution in [3.05, 3.63) is 29.3 Å². The van der Waals surface area contributed by atoms with Gasteiger partial charge in [0.05, 0.1) is 0 Å². The number of carboxylic acids is 1. The fraction of sp³-hybridized carbons (Fsp3) is 0.364. The molecule has 0 amide bonds. The molecule has 1 atom stereocenters. The molecule has 1 aromatic carbocycles. The van der Waals surface area contributed by atoms with Crippen LogP contribution in [0.25, 0.3) is 0 Å². The van der Waals surface area contributed by atoms with Crippen LogP contribution in [0, 0.1) is 0 Å². The van der Waals surface area contributed by atoms with Crippen LogP contribution in [-0.4, -0.2) is 11.1 Å². The maximum Gasteiger partial charge on any atom is 0.339 e. The van der Waals surface area contributed by atoms with E-state index < -0.39 is 5.97 Å². The Morgan fingerprint density at radius 2 is 2.36 bits per heavy atom. The van der Waals surface area contributed by atoms with Gasteiger partial charge in [0.15, 0.2) is 0 Å². The van der Waals surface area contributed by atoms with Gasteiger partial charge in [0, 0.05) is 5.56 Å². The van der Waals surface area contributed by atoms with Gasteiger partial charge in [-0.15, -0.1) is 0 Å². The molecular formula is C11H12O3. The lowest BCUT2D eigenvalue weighted by Crippen LogP contribution is -2.21. The van der Waals surface area contributed by atoms with Gasteiger partial charge in [-0.2, -0.15) is 0 Å². The van der Waals surface area contributed by atoms with Gasteiger partial charge >= 0.3 is 5.97 Å². The van der Waals surface area contributed by atoms with E-state index in [2.05, 4.69) is 6.92 Å². The predicted octanol–water partition coefficient (Wildman–Crippen LogP) is 2.62. The zero-order chi connectivity index (χ0) is 10.1. The Morgan fingerprint density at radius 3 is 3.00 bits per heavy atom. The fourth-order valence-electron chi connectivity index (χ4n) is 1.73. The normalized spacial score (nSPS) is 17.9. The molecule has 0 saturated carbocycles. The van der Waals surface area contributed by atoms with E-state index in [1.54, 1.807) is 12.1 Å². The molecule has 3 nitrogen and oxygen atoms in total. The Bertz CT molecular complexity index is 371. The van der Waals surface area contributed by atoms with Crippen LogP contribution < -0.4 is 4.74 Å². The summed E-state index contributed by atoms with van der Waals surface area (Å²) in [6.45, 7) is 2.09. The first-order chi connectivity index (χ1) is 6.74. The average Bonchev–Trinajstić information content (AvgIpc) is 2.13. The second-order valence-electron chi connectivity index (χ2n) is 3.42.